The van der Waals surface area contributed by atoms with E-state index < -0.39 is 46.0 Å². The Balaban J connectivity index is 1.50. The van der Waals surface area contributed by atoms with Crippen molar-refractivity contribution in [1.29, 1.82) is 0 Å². The van der Waals surface area contributed by atoms with Gasteiger partial charge in [0.05, 0.1) is 28.5 Å². The second kappa shape index (κ2) is 11.1. The summed E-state index contributed by atoms with van der Waals surface area (Å²) < 4.78 is 92.4. The third-order valence-electron chi connectivity index (χ3n) is 5.34. The number of sulfonamides is 1. The van der Waals surface area contributed by atoms with Crippen molar-refractivity contribution in [2.24, 2.45) is 0 Å². The molecular weight excluding hydrogens is 545 g/mol. The summed E-state index contributed by atoms with van der Waals surface area (Å²) >= 11 is 0. The van der Waals surface area contributed by atoms with Crippen molar-refractivity contribution >= 4 is 21.6 Å². The highest BCUT2D eigenvalue weighted by atomic mass is 32.2. The second-order valence-electron chi connectivity index (χ2n) is 8.04. The number of anilines is 1. The Labute approximate surface area is 219 Å². The first-order valence-electron chi connectivity index (χ1n) is 11.1. The van der Waals surface area contributed by atoms with Crippen molar-refractivity contribution in [3.63, 3.8) is 0 Å². The van der Waals surface area contributed by atoms with Gasteiger partial charge in [-0.25, -0.2) is 27.2 Å². The van der Waals surface area contributed by atoms with Crippen molar-refractivity contribution in [1.82, 2.24) is 20.3 Å². The molecule has 0 saturated carbocycles. The Morgan fingerprint density at radius 2 is 1.51 bits per heavy atom. The average molecular weight is 564 g/mol. The SMILES string of the molecule is O=C(CN(c1ccc(F)cc1)S(=O)(=O)c1ccc(F)cc1)NCc1cc(-c2ccc(C(F)(F)F)nc2)ncn1. The third-order valence-corrected chi connectivity index (χ3v) is 7.13. The number of carbonyl (C=O) groups excluding carboxylic acids is 1. The van der Waals surface area contributed by atoms with Gasteiger partial charge in [0, 0.05) is 11.8 Å². The summed E-state index contributed by atoms with van der Waals surface area (Å²) in [7, 11) is -4.35. The molecule has 4 rings (SSSR count). The molecule has 0 aliphatic carbocycles. The molecule has 0 atom stereocenters. The summed E-state index contributed by atoms with van der Waals surface area (Å²) in [5.41, 5.74) is -0.250. The minimum Gasteiger partial charge on any atom is -0.349 e. The van der Waals surface area contributed by atoms with E-state index in [-0.39, 0.29) is 34.1 Å². The number of carbonyl (C=O) groups is 1. The van der Waals surface area contributed by atoms with Crippen molar-refractivity contribution in [2.75, 3.05) is 10.8 Å². The molecule has 14 heteroatoms. The van der Waals surface area contributed by atoms with Crippen LogP contribution in [0.25, 0.3) is 11.3 Å². The van der Waals surface area contributed by atoms with Gasteiger partial charge in [0.25, 0.3) is 10.0 Å². The zero-order valence-electron chi connectivity index (χ0n) is 19.7. The van der Waals surface area contributed by atoms with Crippen LogP contribution < -0.4 is 9.62 Å². The molecule has 0 fully saturated rings. The predicted octanol–water partition coefficient (Wildman–Crippen LogP) is 4.35. The highest BCUT2D eigenvalue weighted by molar-refractivity contribution is 7.92. The summed E-state index contributed by atoms with van der Waals surface area (Å²) in [4.78, 5) is 23.9. The number of pyridine rings is 1. The topological polar surface area (TPSA) is 105 Å². The van der Waals surface area contributed by atoms with Gasteiger partial charge in [-0.05, 0) is 66.7 Å². The van der Waals surface area contributed by atoms with Gasteiger partial charge in [0.15, 0.2) is 0 Å². The maximum atomic E-state index is 13.5. The van der Waals surface area contributed by atoms with Gasteiger partial charge in [0.2, 0.25) is 5.91 Å². The highest BCUT2D eigenvalue weighted by Gasteiger charge is 2.32. The minimum absolute atomic E-state index is 0.00463. The van der Waals surface area contributed by atoms with Gasteiger partial charge in [-0.1, -0.05) is 0 Å². The van der Waals surface area contributed by atoms with Crippen molar-refractivity contribution < 1.29 is 35.2 Å². The molecule has 2 aromatic heterocycles. The van der Waals surface area contributed by atoms with Gasteiger partial charge < -0.3 is 5.32 Å². The van der Waals surface area contributed by atoms with E-state index in [9.17, 15) is 35.2 Å². The molecule has 0 aliphatic rings. The predicted molar refractivity (Wildman–Crippen MR) is 129 cm³/mol. The Morgan fingerprint density at radius 1 is 0.872 bits per heavy atom. The van der Waals surface area contributed by atoms with E-state index in [1.807, 2.05) is 0 Å². The lowest BCUT2D eigenvalue weighted by Gasteiger charge is -2.24. The number of hydrogen-bond acceptors (Lipinski definition) is 6. The van der Waals surface area contributed by atoms with E-state index in [0.717, 1.165) is 59.3 Å². The maximum absolute atomic E-state index is 13.5. The first-order chi connectivity index (χ1) is 18.4. The molecule has 202 valence electrons. The smallest absolute Gasteiger partial charge is 0.349 e. The normalized spacial score (nSPS) is 11.7. The average Bonchev–Trinajstić information content (AvgIpc) is 2.91. The van der Waals surface area contributed by atoms with E-state index in [1.54, 1.807) is 0 Å². The maximum Gasteiger partial charge on any atom is 0.433 e. The first kappa shape index (κ1) is 27.6. The molecule has 0 unspecified atom stereocenters. The Hall–Kier alpha value is -4.46. The minimum atomic E-state index is -4.59. The number of alkyl halides is 3. The fraction of sp³-hybridized carbons (Fsp3) is 0.120. The summed E-state index contributed by atoms with van der Waals surface area (Å²) in [5.74, 6) is -2.03. The van der Waals surface area contributed by atoms with Crippen LogP contribution in [0.2, 0.25) is 0 Å². The van der Waals surface area contributed by atoms with Crippen LogP contribution in [0.1, 0.15) is 11.4 Å². The molecular formula is C25H18F5N5O3S. The number of benzene rings is 2. The van der Waals surface area contributed by atoms with Crippen molar-refractivity contribution in [2.45, 2.75) is 17.6 Å². The van der Waals surface area contributed by atoms with Gasteiger partial charge in [-0.3, -0.25) is 14.1 Å². The molecule has 0 saturated heterocycles. The van der Waals surface area contributed by atoms with Crippen LogP contribution in [0.5, 0.6) is 0 Å². The van der Waals surface area contributed by atoms with Gasteiger partial charge in [-0.2, -0.15) is 13.2 Å². The second-order valence-corrected chi connectivity index (χ2v) is 9.91. The molecule has 0 spiro atoms. The molecule has 1 N–H and O–H groups in total. The lowest BCUT2D eigenvalue weighted by molar-refractivity contribution is -0.141. The lowest BCUT2D eigenvalue weighted by atomic mass is 10.1. The quantitative estimate of drug-likeness (QED) is 0.320. The van der Waals surface area contributed by atoms with Crippen LogP contribution in [0, 0.1) is 11.6 Å². The Kier molecular flexibility index (Phi) is 7.85. The molecule has 0 bridgehead atoms. The van der Waals surface area contributed by atoms with Gasteiger partial charge in [-0.15, -0.1) is 0 Å². The number of rotatable bonds is 8. The fourth-order valence-corrected chi connectivity index (χ4v) is 4.82. The largest absolute Gasteiger partial charge is 0.433 e. The van der Waals surface area contributed by atoms with Gasteiger partial charge in [0.1, 0.15) is 30.2 Å². The van der Waals surface area contributed by atoms with Crippen LogP contribution in [0.3, 0.4) is 0 Å². The zero-order chi connectivity index (χ0) is 28.2. The molecule has 0 aliphatic heterocycles. The van der Waals surface area contributed by atoms with E-state index in [4.69, 9.17) is 0 Å². The molecule has 2 aromatic carbocycles. The van der Waals surface area contributed by atoms with Crippen LogP contribution in [0.4, 0.5) is 27.6 Å². The Bertz CT molecular complexity index is 1560. The van der Waals surface area contributed by atoms with Crippen LogP contribution in [-0.2, 0) is 27.5 Å². The molecule has 4 aromatic rings. The molecule has 2 heterocycles. The summed E-state index contributed by atoms with van der Waals surface area (Å²) in [6.07, 6.45) is -2.43. The number of nitrogens with zero attached hydrogens (tertiary/aromatic N) is 4. The number of amides is 1. The summed E-state index contributed by atoms with van der Waals surface area (Å²) in [6, 6.07) is 11.8. The van der Waals surface area contributed by atoms with Crippen molar-refractivity contribution in [3.05, 3.63) is 102 Å². The van der Waals surface area contributed by atoms with E-state index in [0.29, 0.717) is 0 Å². The molecule has 1 amide bonds. The van der Waals surface area contributed by atoms with E-state index in [1.165, 1.54) is 24.3 Å². The van der Waals surface area contributed by atoms with Crippen LogP contribution >= 0.6 is 0 Å². The van der Waals surface area contributed by atoms with E-state index >= 15 is 0 Å². The van der Waals surface area contributed by atoms with Gasteiger partial charge >= 0.3 is 6.18 Å². The molecule has 39 heavy (non-hydrogen) atoms. The number of aromatic nitrogens is 3. The number of halogens is 5. The van der Waals surface area contributed by atoms with Crippen LogP contribution in [-0.4, -0.2) is 35.8 Å². The standard InChI is InChI=1S/C25H18F5N5O3S/c26-17-2-6-20(7-3-17)35(39(37,38)21-8-4-18(27)5-9-21)14-24(36)32-13-19-11-22(34-15-33-19)16-1-10-23(31-12-16)25(28,29)30/h1-12,15H,13-14H2,(H,32,36). The summed E-state index contributed by atoms with van der Waals surface area (Å²) in [5, 5.41) is 2.52. The van der Waals surface area contributed by atoms with Crippen LogP contribution in [0.15, 0.2) is 84.1 Å². The highest BCUT2D eigenvalue weighted by Crippen LogP contribution is 2.29. The Morgan fingerprint density at radius 3 is 2.10 bits per heavy atom. The molecule has 0 radical (unpaired) electrons. The first-order valence-corrected chi connectivity index (χ1v) is 12.5. The zero-order valence-corrected chi connectivity index (χ0v) is 20.5. The summed E-state index contributed by atoms with van der Waals surface area (Å²) in [6.45, 7) is -0.873. The number of hydrogen-bond donors (Lipinski definition) is 1. The van der Waals surface area contributed by atoms with Crippen molar-refractivity contribution in [3.8, 4) is 11.3 Å². The molecule has 8 nitrogen and oxygen atoms in total. The lowest BCUT2D eigenvalue weighted by Crippen LogP contribution is -2.40. The fourth-order valence-electron chi connectivity index (χ4n) is 3.40. The monoisotopic (exact) mass is 563 g/mol. The number of nitrogens with one attached hydrogen (secondary N) is 1. The van der Waals surface area contributed by atoms with E-state index in [2.05, 4.69) is 20.3 Å². The third kappa shape index (κ3) is 6.71.